The Morgan fingerprint density at radius 3 is 2.35 bits per heavy atom. The highest BCUT2D eigenvalue weighted by molar-refractivity contribution is 7.74. The summed E-state index contributed by atoms with van der Waals surface area (Å²) in [6, 6.07) is 2.38. The molecule has 2 rings (SSSR count). The lowest BCUT2D eigenvalue weighted by Crippen LogP contribution is -2.25. The summed E-state index contributed by atoms with van der Waals surface area (Å²) in [4.78, 5) is 12.0. The van der Waals surface area contributed by atoms with Crippen LogP contribution in [0.3, 0.4) is 0 Å². The van der Waals surface area contributed by atoms with Crippen molar-refractivity contribution < 1.29 is 17.2 Å². The molecule has 1 heterocycles. The summed E-state index contributed by atoms with van der Waals surface area (Å²) < 4.78 is 49.6. The minimum Gasteiger partial charge on any atom is -0.274 e. The molecular weight excluding hydrogens is 377 g/mol. The van der Waals surface area contributed by atoms with Crippen molar-refractivity contribution in [3.63, 3.8) is 0 Å². The Hall–Kier alpha value is -1.65. The molecule has 0 saturated carbocycles. The third-order valence-corrected chi connectivity index (χ3v) is 4.32. The maximum absolute atomic E-state index is 12.9. The SMILES string of the molecule is Cc1nn(-c2cc(N(C)[SH](=O)=O)c(Cl)cc2Cl)c(=O)n1C(F)F. The fourth-order valence-corrected chi connectivity index (χ4v) is 2.87. The Morgan fingerprint density at radius 2 is 1.87 bits per heavy atom. The summed E-state index contributed by atoms with van der Waals surface area (Å²) in [6.45, 7) is -1.84. The number of aromatic nitrogens is 3. The lowest BCUT2D eigenvalue weighted by molar-refractivity contribution is 0.0640. The van der Waals surface area contributed by atoms with E-state index in [4.69, 9.17) is 23.2 Å². The molecular formula is C11H10Cl2F2N4O3S. The first-order valence-electron chi connectivity index (χ1n) is 5.99. The van der Waals surface area contributed by atoms with Gasteiger partial charge < -0.3 is 0 Å². The summed E-state index contributed by atoms with van der Waals surface area (Å²) in [6.07, 6.45) is 0. The fraction of sp³-hybridized carbons (Fsp3) is 0.273. The largest absolute Gasteiger partial charge is 0.355 e. The topological polar surface area (TPSA) is 77.2 Å². The van der Waals surface area contributed by atoms with Gasteiger partial charge in [0.2, 0.25) is 10.9 Å². The lowest BCUT2D eigenvalue weighted by atomic mass is 10.2. The highest BCUT2D eigenvalue weighted by atomic mass is 35.5. The van der Waals surface area contributed by atoms with E-state index in [0.717, 1.165) is 4.31 Å². The number of halogens is 4. The van der Waals surface area contributed by atoms with Gasteiger partial charge in [-0.25, -0.2) is 17.8 Å². The molecule has 0 aliphatic rings. The zero-order chi connectivity index (χ0) is 17.5. The molecule has 0 unspecified atom stereocenters. The highest BCUT2D eigenvalue weighted by Gasteiger charge is 2.21. The number of anilines is 1. The molecule has 23 heavy (non-hydrogen) atoms. The van der Waals surface area contributed by atoms with E-state index in [9.17, 15) is 22.0 Å². The highest BCUT2D eigenvalue weighted by Crippen LogP contribution is 2.33. The molecule has 126 valence electrons. The van der Waals surface area contributed by atoms with E-state index >= 15 is 0 Å². The van der Waals surface area contributed by atoms with Crippen LogP contribution in [0.2, 0.25) is 10.0 Å². The maximum atomic E-state index is 12.9. The van der Waals surface area contributed by atoms with Crippen molar-refractivity contribution in [2.45, 2.75) is 13.5 Å². The van der Waals surface area contributed by atoms with E-state index in [2.05, 4.69) is 5.10 Å². The maximum Gasteiger partial charge on any atom is 0.355 e. The van der Waals surface area contributed by atoms with Crippen LogP contribution in [0.15, 0.2) is 16.9 Å². The van der Waals surface area contributed by atoms with Crippen LogP contribution in [0.5, 0.6) is 0 Å². The molecule has 0 bridgehead atoms. The molecule has 0 amide bonds. The van der Waals surface area contributed by atoms with Gasteiger partial charge in [0.05, 0.1) is 21.4 Å². The first kappa shape index (κ1) is 17.7. The van der Waals surface area contributed by atoms with Crippen molar-refractivity contribution in [1.29, 1.82) is 0 Å². The van der Waals surface area contributed by atoms with E-state index in [1.807, 2.05) is 0 Å². The van der Waals surface area contributed by atoms with Crippen LogP contribution in [-0.2, 0) is 10.9 Å². The molecule has 0 aliphatic carbocycles. The summed E-state index contributed by atoms with van der Waals surface area (Å²) in [7, 11) is -1.76. The molecule has 1 aromatic carbocycles. The average Bonchev–Trinajstić information content (AvgIpc) is 2.73. The second-order valence-electron chi connectivity index (χ2n) is 4.41. The van der Waals surface area contributed by atoms with Gasteiger partial charge in [-0.1, -0.05) is 23.2 Å². The van der Waals surface area contributed by atoms with Crippen LogP contribution >= 0.6 is 23.2 Å². The monoisotopic (exact) mass is 386 g/mol. The molecule has 1 aromatic heterocycles. The second-order valence-corrected chi connectivity index (χ2v) is 6.30. The van der Waals surface area contributed by atoms with E-state index in [-0.39, 0.29) is 31.8 Å². The molecule has 0 aliphatic heterocycles. The number of aryl methyl sites for hydroxylation is 1. The van der Waals surface area contributed by atoms with Crippen LogP contribution in [0.25, 0.3) is 5.69 Å². The number of hydrogen-bond donors (Lipinski definition) is 1. The average molecular weight is 387 g/mol. The van der Waals surface area contributed by atoms with Crippen molar-refractivity contribution in [2.75, 3.05) is 11.4 Å². The molecule has 0 fully saturated rings. The summed E-state index contributed by atoms with van der Waals surface area (Å²) in [5, 5.41) is 3.69. The second kappa shape index (κ2) is 6.46. The van der Waals surface area contributed by atoms with E-state index in [1.54, 1.807) is 0 Å². The lowest BCUT2D eigenvalue weighted by Gasteiger charge is -2.15. The predicted octanol–water partition coefficient (Wildman–Crippen LogP) is 2.01. The Morgan fingerprint density at radius 1 is 1.26 bits per heavy atom. The number of nitrogens with zero attached hydrogens (tertiary/aromatic N) is 4. The van der Waals surface area contributed by atoms with Gasteiger partial charge in [0.15, 0.2) is 0 Å². The van der Waals surface area contributed by atoms with Gasteiger partial charge in [-0.2, -0.15) is 13.5 Å². The van der Waals surface area contributed by atoms with Gasteiger partial charge in [0.1, 0.15) is 5.82 Å². The van der Waals surface area contributed by atoms with Crippen LogP contribution in [0.4, 0.5) is 14.5 Å². The zero-order valence-corrected chi connectivity index (χ0v) is 14.1. The van der Waals surface area contributed by atoms with Gasteiger partial charge in [0.25, 0.3) is 0 Å². The molecule has 0 N–H and O–H groups in total. The third kappa shape index (κ3) is 3.19. The standard InChI is InChI=1S/C11H10Cl2F2N4O3S/c1-5-16-19(11(20)18(5)10(14)15)9-4-8(17(2)23(21)22)6(12)3-7(9)13/h3-4,10,23H,1-2H3. The van der Waals surface area contributed by atoms with E-state index in [0.29, 0.717) is 4.68 Å². The zero-order valence-electron chi connectivity index (χ0n) is 11.7. The number of hydrogen-bond acceptors (Lipinski definition) is 4. The molecule has 12 heteroatoms. The molecule has 7 nitrogen and oxygen atoms in total. The quantitative estimate of drug-likeness (QED) is 0.815. The first-order chi connectivity index (χ1) is 10.6. The first-order valence-corrected chi connectivity index (χ1v) is 7.87. The van der Waals surface area contributed by atoms with Crippen molar-refractivity contribution in [1.82, 2.24) is 14.3 Å². The Balaban J connectivity index is 2.72. The minimum absolute atomic E-state index is 0.0125. The third-order valence-electron chi connectivity index (χ3n) is 3.01. The Kier molecular flexibility index (Phi) is 4.97. The van der Waals surface area contributed by atoms with Crippen LogP contribution < -0.4 is 9.99 Å². The number of rotatable bonds is 4. The van der Waals surface area contributed by atoms with E-state index < -0.39 is 23.1 Å². The number of alkyl halides is 2. The summed E-state index contributed by atoms with van der Waals surface area (Å²) >= 11 is 11.9. The van der Waals surface area contributed by atoms with Crippen molar-refractivity contribution >= 4 is 39.8 Å². The molecule has 0 saturated heterocycles. The Bertz CT molecular complexity index is 886. The number of thiol groups is 1. The van der Waals surface area contributed by atoms with Crippen molar-refractivity contribution in [3.05, 3.63) is 38.5 Å². The van der Waals surface area contributed by atoms with Crippen molar-refractivity contribution in [3.8, 4) is 5.69 Å². The van der Waals surface area contributed by atoms with Gasteiger partial charge in [-0.3, -0.25) is 4.31 Å². The number of benzene rings is 1. The molecule has 0 spiro atoms. The molecule has 0 radical (unpaired) electrons. The van der Waals surface area contributed by atoms with Crippen molar-refractivity contribution in [2.24, 2.45) is 0 Å². The smallest absolute Gasteiger partial charge is 0.274 e. The fourth-order valence-electron chi connectivity index (χ4n) is 1.88. The summed E-state index contributed by atoms with van der Waals surface area (Å²) in [5.41, 5.74) is -1.15. The Labute approximate surface area is 140 Å². The normalized spacial score (nSPS) is 11.5. The van der Waals surface area contributed by atoms with Crippen LogP contribution in [-0.4, -0.2) is 29.8 Å². The molecule has 2 aromatic rings. The van der Waals surface area contributed by atoms with Gasteiger partial charge in [-0.15, -0.1) is 5.10 Å². The predicted molar refractivity (Wildman–Crippen MR) is 82.6 cm³/mol. The molecule has 0 atom stereocenters. The van der Waals surface area contributed by atoms with Crippen LogP contribution in [0.1, 0.15) is 12.4 Å². The van der Waals surface area contributed by atoms with E-state index in [1.165, 1.54) is 26.1 Å². The van der Waals surface area contributed by atoms with Crippen LogP contribution in [0, 0.1) is 6.92 Å². The van der Waals surface area contributed by atoms with Gasteiger partial charge in [-0.05, 0) is 19.1 Å². The minimum atomic E-state index is -3.07. The summed E-state index contributed by atoms with van der Waals surface area (Å²) in [5.74, 6) is -0.221. The van der Waals surface area contributed by atoms with Gasteiger partial charge in [0, 0.05) is 7.05 Å². The van der Waals surface area contributed by atoms with Gasteiger partial charge >= 0.3 is 12.2 Å².